The fourth-order valence-corrected chi connectivity index (χ4v) is 2.80. The van der Waals surface area contributed by atoms with Gasteiger partial charge < -0.3 is 10.1 Å². The molecule has 0 saturated carbocycles. The molecule has 2 aromatic rings. The lowest BCUT2D eigenvalue weighted by molar-refractivity contribution is -0.140. The van der Waals surface area contributed by atoms with Gasteiger partial charge in [-0.25, -0.2) is 14.2 Å². The lowest BCUT2D eigenvalue weighted by Crippen LogP contribution is -2.35. The zero-order valence-corrected chi connectivity index (χ0v) is 16.1. The van der Waals surface area contributed by atoms with Crippen LogP contribution < -0.4 is 10.3 Å². The number of rotatable bonds is 5. The van der Waals surface area contributed by atoms with Crippen LogP contribution in [0.15, 0.2) is 58.1 Å². The van der Waals surface area contributed by atoms with Crippen LogP contribution in [-0.2, 0) is 19.1 Å². The lowest BCUT2D eigenvalue weighted by atomic mass is 10.1. The fraction of sp³-hybridized carbons (Fsp3) is 0.158. The molecular weight excluding hydrogens is 433 g/mol. The molecule has 1 N–H and O–H groups in total. The number of esters is 1. The Morgan fingerprint density at radius 2 is 1.93 bits per heavy atom. The first-order valence-corrected chi connectivity index (χ1v) is 9.11. The summed E-state index contributed by atoms with van der Waals surface area (Å²) in [5.41, 5.74) is 0.534. The number of carbonyl (C=O) groups excluding carboxylic acids is 3. The standard InChI is InChI=1S/C19H15BrFN3O4/c20-12-6-7-15(14(21)10-12)22-17(25)11-28-19(27)16-8-9-18(26)24(23-16)13-4-2-1-3-5-13/h1-7,10H,8-9,11H2,(H,22,25). The molecule has 0 fully saturated rings. The molecule has 0 aromatic heterocycles. The molecule has 0 saturated heterocycles. The van der Waals surface area contributed by atoms with Crippen LogP contribution in [0.25, 0.3) is 0 Å². The Balaban J connectivity index is 1.61. The summed E-state index contributed by atoms with van der Waals surface area (Å²) in [7, 11) is 0. The molecule has 2 amide bonds. The summed E-state index contributed by atoms with van der Waals surface area (Å²) >= 11 is 3.12. The highest BCUT2D eigenvalue weighted by Gasteiger charge is 2.26. The number of benzene rings is 2. The molecule has 1 aliphatic heterocycles. The third-order valence-corrected chi connectivity index (χ3v) is 4.30. The van der Waals surface area contributed by atoms with E-state index in [0.29, 0.717) is 10.2 Å². The van der Waals surface area contributed by atoms with Gasteiger partial charge in [-0.2, -0.15) is 5.10 Å². The summed E-state index contributed by atoms with van der Waals surface area (Å²) in [5.74, 6) is -2.37. The first-order chi connectivity index (χ1) is 13.4. The van der Waals surface area contributed by atoms with Gasteiger partial charge in [-0.05, 0) is 30.3 Å². The molecule has 0 aliphatic carbocycles. The van der Waals surface area contributed by atoms with Crippen molar-refractivity contribution in [3.05, 3.63) is 58.8 Å². The first-order valence-electron chi connectivity index (χ1n) is 8.31. The zero-order valence-electron chi connectivity index (χ0n) is 14.5. The average molecular weight is 448 g/mol. The van der Waals surface area contributed by atoms with Crippen LogP contribution in [0.1, 0.15) is 12.8 Å². The maximum atomic E-state index is 13.7. The summed E-state index contributed by atoms with van der Waals surface area (Å²) in [4.78, 5) is 36.2. The van der Waals surface area contributed by atoms with Crippen molar-refractivity contribution in [3.8, 4) is 0 Å². The Morgan fingerprint density at radius 1 is 1.18 bits per heavy atom. The molecule has 144 valence electrons. The van der Waals surface area contributed by atoms with E-state index < -0.39 is 24.3 Å². The van der Waals surface area contributed by atoms with Crippen molar-refractivity contribution in [1.29, 1.82) is 0 Å². The summed E-state index contributed by atoms with van der Waals surface area (Å²) in [6.07, 6.45) is 0.211. The third-order valence-electron chi connectivity index (χ3n) is 3.81. The summed E-state index contributed by atoms with van der Waals surface area (Å²) in [6, 6.07) is 12.8. The smallest absolute Gasteiger partial charge is 0.355 e. The molecule has 3 rings (SSSR count). The average Bonchev–Trinajstić information content (AvgIpc) is 2.69. The van der Waals surface area contributed by atoms with Crippen LogP contribution in [0, 0.1) is 5.82 Å². The van der Waals surface area contributed by atoms with Gasteiger partial charge in [0.1, 0.15) is 11.5 Å². The number of hydrogen-bond donors (Lipinski definition) is 1. The number of nitrogens with zero attached hydrogens (tertiary/aromatic N) is 2. The predicted molar refractivity (Wildman–Crippen MR) is 104 cm³/mol. The topological polar surface area (TPSA) is 88.1 Å². The Kier molecular flexibility index (Phi) is 6.15. The highest BCUT2D eigenvalue weighted by atomic mass is 79.9. The molecule has 0 radical (unpaired) electrons. The molecular formula is C19H15BrFN3O4. The molecule has 0 unspecified atom stereocenters. The monoisotopic (exact) mass is 447 g/mol. The van der Waals surface area contributed by atoms with Crippen molar-refractivity contribution in [2.24, 2.45) is 5.10 Å². The normalized spacial score (nSPS) is 13.7. The van der Waals surface area contributed by atoms with Gasteiger partial charge in [0.25, 0.3) is 5.91 Å². The second kappa shape index (κ2) is 8.75. The molecule has 0 atom stereocenters. The van der Waals surface area contributed by atoms with Gasteiger partial charge in [-0.15, -0.1) is 0 Å². The van der Waals surface area contributed by atoms with Gasteiger partial charge in [-0.3, -0.25) is 9.59 Å². The van der Waals surface area contributed by atoms with E-state index in [2.05, 4.69) is 26.3 Å². The Hall–Kier alpha value is -3.07. The van der Waals surface area contributed by atoms with Crippen LogP contribution in [0.5, 0.6) is 0 Å². The van der Waals surface area contributed by atoms with Crippen molar-refractivity contribution in [2.45, 2.75) is 12.8 Å². The van der Waals surface area contributed by atoms with E-state index in [9.17, 15) is 18.8 Å². The number of hydrazone groups is 1. The molecule has 0 spiro atoms. The van der Waals surface area contributed by atoms with Crippen LogP contribution in [0.4, 0.5) is 15.8 Å². The number of hydrogen-bond acceptors (Lipinski definition) is 5. The number of nitrogens with one attached hydrogen (secondary N) is 1. The van der Waals surface area contributed by atoms with Crippen molar-refractivity contribution >= 4 is 50.8 Å². The zero-order chi connectivity index (χ0) is 20.1. The van der Waals surface area contributed by atoms with Gasteiger partial charge in [0.2, 0.25) is 5.91 Å². The number of anilines is 2. The lowest BCUT2D eigenvalue weighted by Gasteiger charge is -2.22. The highest BCUT2D eigenvalue weighted by molar-refractivity contribution is 9.10. The maximum Gasteiger partial charge on any atom is 0.355 e. The minimum absolute atomic E-state index is 0.0277. The Bertz CT molecular complexity index is 949. The minimum atomic E-state index is -0.806. The number of ether oxygens (including phenoxy) is 1. The molecule has 0 bridgehead atoms. The van der Waals surface area contributed by atoms with Gasteiger partial charge in [0.05, 0.1) is 11.4 Å². The van der Waals surface area contributed by atoms with E-state index in [4.69, 9.17) is 4.74 Å². The van der Waals surface area contributed by atoms with Crippen molar-refractivity contribution in [2.75, 3.05) is 16.9 Å². The number of amides is 2. The molecule has 9 heteroatoms. The van der Waals surface area contributed by atoms with Gasteiger partial charge >= 0.3 is 5.97 Å². The molecule has 7 nitrogen and oxygen atoms in total. The highest BCUT2D eigenvalue weighted by Crippen LogP contribution is 2.21. The van der Waals surface area contributed by atoms with Crippen molar-refractivity contribution < 1.29 is 23.5 Å². The van der Waals surface area contributed by atoms with Gasteiger partial charge in [0, 0.05) is 17.3 Å². The maximum absolute atomic E-state index is 13.7. The number of halogens is 2. The second-order valence-electron chi connectivity index (χ2n) is 5.84. The summed E-state index contributed by atoms with van der Waals surface area (Å²) in [6.45, 7) is -0.605. The van der Waals surface area contributed by atoms with E-state index in [0.717, 1.165) is 5.01 Å². The van der Waals surface area contributed by atoms with E-state index in [1.807, 2.05) is 0 Å². The number of carbonyl (C=O) groups is 3. The molecule has 2 aromatic carbocycles. The third kappa shape index (κ3) is 4.80. The molecule has 1 aliphatic rings. The van der Waals surface area contributed by atoms with Gasteiger partial charge in [-0.1, -0.05) is 34.1 Å². The molecule has 28 heavy (non-hydrogen) atoms. The minimum Gasteiger partial charge on any atom is -0.451 e. The predicted octanol–water partition coefficient (Wildman–Crippen LogP) is 3.25. The Labute approximate surface area is 168 Å². The van der Waals surface area contributed by atoms with Gasteiger partial charge in [0.15, 0.2) is 6.61 Å². The summed E-state index contributed by atoms with van der Waals surface area (Å²) < 4.78 is 19.2. The first kappa shape index (κ1) is 19.7. The van der Waals surface area contributed by atoms with Crippen LogP contribution in [0.2, 0.25) is 0 Å². The van der Waals surface area contributed by atoms with Crippen LogP contribution in [-0.4, -0.2) is 30.1 Å². The van der Waals surface area contributed by atoms with E-state index in [1.54, 1.807) is 36.4 Å². The quantitative estimate of drug-likeness (QED) is 0.712. The van der Waals surface area contributed by atoms with E-state index in [-0.39, 0.29) is 30.1 Å². The fourth-order valence-electron chi connectivity index (χ4n) is 2.46. The number of para-hydroxylation sites is 1. The van der Waals surface area contributed by atoms with E-state index in [1.165, 1.54) is 12.1 Å². The second-order valence-corrected chi connectivity index (χ2v) is 6.75. The largest absolute Gasteiger partial charge is 0.451 e. The van der Waals surface area contributed by atoms with Crippen molar-refractivity contribution in [3.63, 3.8) is 0 Å². The van der Waals surface area contributed by atoms with E-state index >= 15 is 0 Å². The summed E-state index contributed by atoms with van der Waals surface area (Å²) in [5, 5.41) is 7.51. The Morgan fingerprint density at radius 3 is 2.64 bits per heavy atom. The van der Waals surface area contributed by atoms with Crippen LogP contribution >= 0.6 is 15.9 Å². The van der Waals surface area contributed by atoms with Crippen LogP contribution in [0.3, 0.4) is 0 Å². The molecule has 1 heterocycles. The SMILES string of the molecule is O=C(COC(=O)C1=NN(c2ccccc2)C(=O)CC1)Nc1ccc(Br)cc1F. The van der Waals surface area contributed by atoms with Crippen molar-refractivity contribution in [1.82, 2.24) is 0 Å².